The van der Waals surface area contributed by atoms with Crippen LogP contribution in [0, 0.1) is 5.82 Å². The van der Waals surface area contributed by atoms with E-state index in [4.69, 9.17) is 4.74 Å². The van der Waals surface area contributed by atoms with Crippen LogP contribution >= 0.6 is 0 Å². The Morgan fingerprint density at radius 2 is 1.91 bits per heavy atom. The van der Waals surface area contributed by atoms with Gasteiger partial charge in [-0.3, -0.25) is 4.79 Å². The number of rotatable bonds is 7. The zero-order chi connectivity index (χ0) is 16.7. The van der Waals surface area contributed by atoms with E-state index < -0.39 is 6.10 Å². The number of para-hydroxylation sites is 2. The molecule has 0 saturated carbocycles. The number of carbonyl (C=O) groups is 1. The molecule has 122 valence electrons. The summed E-state index contributed by atoms with van der Waals surface area (Å²) in [6, 6.07) is 12.8. The zero-order valence-electron chi connectivity index (χ0n) is 12.8. The Labute approximate surface area is 134 Å². The lowest BCUT2D eigenvalue weighted by atomic mass is 10.1. The number of aliphatic hydroxyl groups is 1. The van der Waals surface area contributed by atoms with Gasteiger partial charge < -0.3 is 20.5 Å². The molecule has 0 aliphatic carbocycles. The van der Waals surface area contributed by atoms with Gasteiger partial charge in [0.05, 0.1) is 25.4 Å². The lowest BCUT2D eigenvalue weighted by Gasteiger charge is -2.14. The second kappa shape index (κ2) is 8.14. The third kappa shape index (κ3) is 4.96. The zero-order valence-corrected chi connectivity index (χ0v) is 12.8. The van der Waals surface area contributed by atoms with Gasteiger partial charge >= 0.3 is 0 Å². The third-order valence-corrected chi connectivity index (χ3v) is 3.29. The van der Waals surface area contributed by atoms with Crippen LogP contribution in [0.2, 0.25) is 0 Å². The maximum atomic E-state index is 12.8. The average Bonchev–Trinajstić information content (AvgIpc) is 2.58. The fraction of sp³-hybridized carbons (Fsp3) is 0.235. The van der Waals surface area contributed by atoms with E-state index >= 15 is 0 Å². The van der Waals surface area contributed by atoms with Crippen molar-refractivity contribution in [2.24, 2.45) is 0 Å². The van der Waals surface area contributed by atoms with E-state index in [1.807, 2.05) is 12.1 Å². The lowest BCUT2D eigenvalue weighted by molar-refractivity contribution is -0.119. The molecule has 2 rings (SSSR count). The molecule has 0 saturated heterocycles. The highest BCUT2D eigenvalue weighted by molar-refractivity contribution is 5.81. The van der Waals surface area contributed by atoms with E-state index in [0.29, 0.717) is 17.0 Å². The Bertz CT molecular complexity index is 647. The maximum absolute atomic E-state index is 12.8. The number of hydrogen-bond donors (Lipinski definition) is 3. The van der Waals surface area contributed by atoms with Crippen LogP contribution in [-0.4, -0.2) is 31.2 Å². The number of halogens is 1. The first kappa shape index (κ1) is 16.8. The van der Waals surface area contributed by atoms with E-state index in [0.717, 1.165) is 0 Å². The van der Waals surface area contributed by atoms with Crippen molar-refractivity contribution in [2.75, 3.05) is 25.5 Å². The van der Waals surface area contributed by atoms with Crippen molar-refractivity contribution >= 4 is 11.6 Å². The summed E-state index contributed by atoms with van der Waals surface area (Å²) in [4.78, 5) is 11.8. The van der Waals surface area contributed by atoms with Gasteiger partial charge in [0, 0.05) is 6.54 Å². The molecule has 1 atom stereocenters. The van der Waals surface area contributed by atoms with E-state index in [9.17, 15) is 14.3 Å². The molecule has 23 heavy (non-hydrogen) atoms. The molecule has 1 amide bonds. The highest BCUT2D eigenvalue weighted by Gasteiger charge is 2.10. The van der Waals surface area contributed by atoms with Crippen LogP contribution in [-0.2, 0) is 4.79 Å². The first-order valence-electron chi connectivity index (χ1n) is 7.17. The molecule has 5 nitrogen and oxygen atoms in total. The Kier molecular flexibility index (Phi) is 5.94. The van der Waals surface area contributed by atoms with Crippen LogP contribution < -0.4 is 15.4 Å². The fourth-order valence-electron chi connectivity index (χ4n) is 2.04. The standard InChI is InChI=1S/C17H19FN2O3/c1-23-16-5-3-2-4-14(16)19-11-17(22)20-10-15(21)12-6-8-13(18)9-7-12/h2-9,15,19,21H,10-11H2,1H3,(H,20,22). The van der Waals surface area contributed by atoms with Gasteiger partial charge in [-0.1, -0.05) is 24.3 Å². The first-order valence-corrected chi connectivity index (χ1v) is 7.17. The molecule has 0 aromatic heterocycles. The van der Waals surface area contributed by atoms with Gasteiger partial charge in [0.2, 0.25) is 5.91 Å². The maximum Gasteiger partial charge on any atom is 0.239 e. The predicted octanol–water partition coefficient (Wildman–Crippen LogP) is 2.10. The molecule has 0 aliphatic rings. The van der Waals surface area contributed by atoms with Crippen LogP contribution in [0.5, 0.6) is 5.75 Å². The molecular formula is C17H19FN2O3. The van der Waals surface area contributed by atoms with E-state index in [2.05, 4.69) is 10.6 Å². The van der Waals surface area contributed by atoms with Crippen LogP contribution in [0.3, 0.4) is 0 Å². The summed E-state index contributed by atoms with van der Waals surface area (Å²) in [6.07, 6.45) is -0.884. The van der Waals surface area contributed by atoms with Crippen LogP contribution in [0.1, 0.15) is 11.7 Å². The Balaban J connectivity index is 1.80. The Morgan fingerprint density at radius 1 is 1.22 bits per heavy atom. The summed E-state index contributed by atoms with van der Waals surface area (Å²) < 4.78 is 18.0. The van der Waals surface area contributed by atoms with Gasteiger partial charge in [-0.15, -0.1) is 0 Å². The molecule has 0 heterocycles. The molecule has 0 fully saturated rings. The lowest BCUT2D eigenvalue weighted by Crippen LogP contribution is -2.33. The van der Waals surface area contributed by atoms with Gasteiger partial charge in [-0.25, -0.2) is 4.39 Å². The number of benzene rings is 2. The molecule has 2 aromatic carbocycles. The molecule has 1 unspecified atom stereocenters. The minimum absolute atomic E-state index is 0.0521. The van der Waals surface area contributed by atoms with Crippen molar-refractivity contribution in [2.45, 2.75) is 6.10 Å². The van der Waals surface area contributed by atoms with Crippen molar-refractivity contribution in [3.63, 3.8) is 0 Å². The van der Waals surface area contributed by atoms with E-state index in [1.165, 1.54) is 24.3 Å². The minimum Gasteiger partial charge on any atom is -0.495 e. The molecule has 0 spiro atoms. The summed E-state index contributed by atoms with van der Waals surface area (Å²) in [6.45, 7) is 0.106. The molecule has 0 aliphatic heterocycles. The summed E-state index contributed by atoms with van der Waals surface area (Å²) in [5.74, 6) is 0.00899. The van der Waals surface area contributed by atoms with Crippen molar-refractivity contribution in [1.29, 1.82) is 0 Å². The second-order valence-corrected chi connectivity index (χ2v) is 4.93. The second-order valence-electron chi connectivity index (χ2n) is 4.93. The number of hydrogen-bond acceptors (Lipinski definition) is 4. The number of carbonyl (C=O) groups excluding carboxylic acids is 1. The number of amides is 1. The Hall–Kier alpha value is -2.60. The van der Waals surface area contributed by atoms with Crippen molar-refractivity contribution in [3.05, 3.63) is 59.9 Å². The quantitative estimate of drug-likeness (QED) is 0.731. The normalized spacial score (nSPS) is 11.6. The fourth-order valence-corrected chi connectivity index (χ4v) is 2.04. The summed E-state index contributed by atoms with van der Waals surface area (Å²) in [5, 5.41) is 15.5. The monoisotopic (exact) mass is 318 g/mol. The number of anilines is 1. The SMILES string of the molecule is COc1ccccc1NCC(=O)NCC(O)c1ccc(F)cc1. The highest BCUT2D eigenvalue weighted by Crippen LogP contribution is 2.22. The number of ether oxygens (including phenoxy) is 1. The molecule has 6 heteroatoms. The van der Waals surface area contributed by atoms with Gasteiger partial charge in [-0.2, -0.15) is 0 Å². The van der Waals surface area contributed by atoms with Gasteiger partial charge in [-0.05, 0) is 29.8 Å². The van der Waals surface area contributed by atoms with E-state index in [-0.39, 0.29) is 24.8 Å². The van der Waals surface area contributed by atoms with Gasteiger partial charge in [0.25, 0.3) is 0 Å². The summed E-state index contributed by atoms with van der Waals surface area (Å²) >= 11 is 0. The largest absolute Gasteiger partial charge is 0.495 e. The minimum atomic E-state index is -0.884. The third-order valence-electron chi connectivity index (χ3n) is 3.29. The van der Waals surface area contributed by atoms with Crippen molar-refractivity contribution in [1.82, 2.24) is 5.32 Å². The topological polar surface area (TPSA) is 70.6 Å². The molecular weight excluding hydrogens is 299 g/mol. The smallest absolute Gasteiger partial charge is 0.239 e. The number of aliphatic hydroxyl groups excluding tert-OH is 1. The highest BCUT2D eigenvalue weighted by atomic mass is 19.1. The van der Waals surface area contributed by atoms with Crippen molar-refractivity contribution < 1.29 is 19.0 Å². The average molecular weight is 318 g/mol. The Morgan fingerprint density at radius 3 is 2.61 bits per heavy atom. The molecule has 3 N–H and O–H groups in total. The summed E-state index contributed by atoms with van der Waals surface area (Å²) in [7, 11) is 1.56. The molecule has 2 aromatic rings. The van der Waals surface area contributed by atoms with Crippen LogP contribution in [0.4, 0.5) is 10.1 Å². The summed E-state index contributed by atoms with van der Waals surface area (Å²) in [5.41, 5.74) is 1.26. The van der Waals surface area contributed by atoms with Gasteiger partial charge in [0.1, 0.15) is 11.6 Å². The molecule has 0 radical (unpaired) electrons. The predicted molar refractivity (Wildman–Crippen MR) is 85.9 cm³/mol. The van der Waals surface area contributed by atoms with Gasteiger partial charge in [0.15, 0.2) is 0 Å². The van der Waals surface area contributed by atoms with Crippen molar-refractivity contribution in [3.8, 4) is 5.75 Å². The van der Waals surface area contributed by atoms with Crippen LogP contribution in [0.15, 0.2) is 48.5 Å². The number of nitrogens with one attached hydrogen (secondary N) is 2. The first-order chi connectivity index (χ1) is 11.1. The molecule has 0 bridgehead atoms. The number of methoxy groups -OCH3 is 1. The van der Waals surface area contributed by atoms with E-state index in [1.54, 1.807) is 19.2 Å². The van der Waals surface area contributed by atoms with Crippen LogP contribution in [0.25, 0.3) is 0 Å².